The molecule has 0 atom stereocenters. The Balaban J connectivity index is 1.62. The van der Waals surface area contributed by atoms with Crippen LogP contribution in [0.4, 0.5) is 21.9 Å². The van der Waals surface area contributed by atoms with Crippen LogP contribution in [0.1, 0.15) is 0 Å². The second-order valence-corrected chi connectivity index (χ2v) is 5.75. The minimum atomic E-state index is -0.531. The summed E-state index contributed by atoms with van der Waals surface area (Å²) in [4.78, 5) is 37.4. The van der Waals surface area contributed by atoms with Crippen LogP contribution in [0.2, 0.25) is 5.02 Å². The molecule has 3 rings (SSSR count). The van der Waals surface area contributed by atoms with E-state index >= 15 is 0 Å². The van der Waals surface area contributed by atoms with Gasteiger partial charge >= 0.3 is 6.03 Å². The van der Waals surface area contributed by atoms with Gasteiger partial charge in [-0.25, -0.2) is 4.79 Å². The molecular weight excluding hydrogens is 344 g/mol. The Labute approximate surface area is 149 Å². The molecule has 0 unspecified atom stereocenters. The number of carbonyl (C=O) groups is 3. The molecule has 128 valence electrons. The molecule has 0 bridgehead atoms. The number of nitrogens with zero attached hydrogens (tertiary/aromatic N) is 1. The average molecular weight is 359 g/mol. The Bertz CT molecular complexity index is 840. The van der Waals surface area contributed by atoms with Crippen LogP contribution < -0.4 is 20.9 Å². The summed E-state index contributed by atoms with van der Waals surface area (Å²) >= 11 is 5.97. The van der Waals surface area contributed by atoms with Crippen LogP contribution in [0.3, 0.4) is 0 Å². The van der Waals surface area contributed by atoms with Crippen LogP contribution in [0.25, 0.3) is 0 Å². The summed E-state index contributed by atoms with van der Waals surface area (Å²) in [6, 6.07) is 13.2. The monoisotopic (exact) mass is 358 g/mol. The summed E-state index contributed by atoms with van der Waals surface area (Å²) in [6.07, 6.45) is 0. The van der Waals surface area contributed by atoms with Crippen LogP contribution in [-0.4, -0.2) is 30.9 Å². The zero-order valence-corrected chi connectivity index (χ0v) is 13.8. The van der Waals surface area contributed by atoms with Crippen molar-refractivity contribution in [2.45, 2.75) is 0 Å². The summed E-state index contributed by atoms with van der Waals surface area (Å²) in [7, 11) is 0. The molecule has 3 N–H and O–H groups in total. The van der Waals surface area contributed by atoms with Gasteiger partial charge in [-0.1, -0.05) is 35.9 Å². The smallest absolute Gasteiger partial charge is 0.322 e. The second-order valence-electron chi connectivity index (χ2n) is 5.34. The molecule has 0 saturated carbocycles. The van der Waals surface area contributed by atoms with E-state index in [0.717, 1.165) is 0 Å². The van der Waals surface area contributed by atoms with Crippen molar-refractivity contribution in [3.05, 3.63) is 53.6 Å². The molecule has 0 saturated heterocycles. The van der Waals surface area contributed by atoms with E-state index < -0.39 is 11.9 Å². The highest BCUT2D eigenvalue weighted by molar-refractivity contribution is 6.33. The molecule has 7 nitrogen and oxygen atoms in total. The van der Waals surface area contributed by atoms with E-state index in [1.165, 1.54) is 4.90 Å². The van der Waals surface area contributed by atoms with E-state index in [0.29, 0.717) is 22.1 Å². The molecule has 1 aliphatic heterocycles. The van der Waals surface area contributed by atoms with Crippen molar-refractivity contribution in [1.82, 2.24) is 5.32 Å². The molecule has 0 aromatic heterocycles. The fourth-order valence-electron chi connectivity index (χ4n) is 2.42. The predicted octanol–water partition coefficient (Wildman–Crippen LogP) is 2.45. The van der Waals surface area contributed by atoms with Crippen molar-refractivity contribution in [2.75, 3.05) is 28.6 Å². The van der Waals surface area contributed by atoms with Crippen molar-refractivity contribution in [3.8, 4) is 0 Å². The summed E-state index contributed by atoms with van der Waals surface area (Å²) in [6.45, 7) is -0.362. The quantitative estimate of drug-likeness (QED) is 0.787. The lowest BCUT2D eigenvalue weighted by molar-refractivity contribution is -0.115. The van der Waals surface area contributed by atoms with Gasteiger partial charge in [-0.05, 0) is 24.3 Å². The fourth-order valence-corrected chi connectivity index (χ4v) is 2.61. The van der Waals surface area contributed by atoms with Crippen LogP contribution in [-0.2, 0) is 9.59 Å². The number of carbonyl (C=O) groups excluding carboxylic acids is 3. The maximum Gasteiger partial charge on any atom is 0.322 e. The van der Waals surface area contributed by atoms with Crippen LogP contribution >= 0.6 is 11.6 Å². The zero-order valence-electron chi connectivity index (χ0n) is 13.1. The standard InChI is InChI=1S/C17H15ClN4O3/c18-11-5-1-2-6-12(11)20-15(23)9-19-17(25)22-10-16(24)21-13-7-3-4-8-14(13)22/h1-8H,9-10H2,(H,19,25)(H,20,23)(H,21,24). The molecule has 4 amide bonds. The number of para-hydroxylation sites is 3. The third kappa shape index (κ3) is 3.89. The van der Waals surface area contributed by atoms with E-state index in [9.17, 15) is 14.4 Å². The number of halogens is 1. The number of nitrogens with one attached hydrogen (secondary N) is 3. The normalized spacial score (nSPS) is 12.8. The molecule has 8 heteroatoms. The van der Waals surface area contributed by atoms with E-state index in [-0.39, 0.29) is 19.0 Å². The Morgan fingerprint density at radius 1 is 1.12 bits per heavy atom. The molecule has 25 heavy (non-hydrogen) atoms. The maximum absolute atomic E-state index is 12.4. The molecule has 0 aliphatic carbocycles. The van der Waals surface area contributed by atoms with Gasteiger partial charge in [0.25, 0.3) is 0 Å². The molecule has 2 aromatic carbocycles. The van der Waals surface area contributed by atoms with E-state index in [2.05, 4.69) is 16.0 Å². The number of amides is 4. The van der Waals surface area contributed by atoms with Gasteiger partial charge in [0.1, 0.15) is 6.54 Å². The SMILES string of the molecule is O=C(CNC(=O)N1CC(=O)Nc2ccccc21)Nc1ccccc1Cl. The third-order valence-electron chi connectivity index (χ3n) is 3.56. The lowest BCUT2D eigenvalue weighted by Gasteiger charge is -2.29. The Morgan fingerprint density at radius 2 is 1.84 bits per heavy atom. The van der Waals surface area contributed by atoms with Crippen LogP contribution in [0, 0.1) is 0 Å². The zero-order chi connectivity index (χ0) is 17.8. The molecule has 0 radical (unpaired) electrons. The van der Waals surface area contributed by atoms with Crippen molar-refractivity contribution in [2.24, 2.45) is 0 Å². The van der Waals surface area contributed by atoms with E-state index in [1.54, 1.807) is 48.5 Å². The maximum atomic E-state index is 12.4. The van der Waals surface area contributed by atoms with Gasteiger partial charge in [0.15, 0.2) is 0 Å². The van der Waals surface area contributed by atoms with Gasteiger partial charge in [0.2, 0.25) is 11.8 Å². The average Bonchev–Trinajstić information content (AvgIpc) is 2.61. The summed E-state index contributed by atoms with van der Waals surface area (Å²) < 4.78 is 0. The predicted molar refractivity (Wildman–Crippen MR) is 95.9 cm³/mol. The number of anilines is 3. The first-order chi connectivity index (χ1) is 12.0. The Morgan fingerprint density at radius 3 is 2.64 bits per heavy atom. The van der Waals surface area contributed by atoms with Gasteiger partial charge in [-0.15, -0.1) is 0 Å². The van der Waals surface area contributed by atoms with Crippen molar-refractivity contribution >= 4 is 46.5 Å². The molecule has 1 heterocycles. The summed E-state index contributed by atoms with van der Waals surface area (Å²) in [5, 5.41) is 8.22. The van der Waals surface area contributed by atoms with Crippen molar-refractivity contribution in [1.29, 1.82) is 0 Å². The lowest BCUT2D eigenvalue weighted by atomic mass is 10.2. The highest BCUT2D eigenvalue weighted by atomic mass is 35.5. The van der Waals surface area contributed by atoms with Gasteiger partial charge in [-0.2, -0.15) is 0 Å². The van der Waals surface area contributed by atoms with E-state index in [1.807, 2.05) is 0 Å². The summed E-state index contributed by atoms with van der Waals surface area (Å²) in [5.41, 5.74) is 1.59. The molecule has 0 spiro atoms. The minimum absolute atomic E-state index is 0.116. The first kappa shape index (κ1) is 16.8. The first-order valence-electron chi connectivity index (χ1n) is 7.53. The molecule has 2 aromatic rings. The number of hydrogen-bond donors (Lipinski definition) is 3. The van der Waals surface area contributed by atoms with Crippen molar-refractivity contribution in [3.63, 3.8) is 0 Å². The number of rotatable bonds is 3. The first-order valence-corrected chi connectivity index (χ1v) is 7.91. The number of urea groups is 1. The van der Waals surface area contributed by atoms with Gasteiger partial charge in [0, 0.05) is 0 Å². The number of fused-ring (bicyclic) bond motifs is 1. The lowest BCUT2D eigenvalue weighted by Crippen LogP contribution is -2.48. The number of hydrogen-bond acceptors (Lipinski definition) is 3. The highest BCUT2D eigenvalue weighted by Gasteiger charge is 2.26. The van der Waals surface area contributed by atoms with E-state index in [4.69, 9.17) is 11.6 Å². The van der Waals surface area contributed by atoms with Crippen LogP contribution in [0.15, 0.2) is 48.5 Å². The fraction of sp³-hybridized carbons (Fsp3) is 0.118. The van der Waals surface area contributed by atoms with Crippen molar-refractivity contribution < 1.29 is 14.4 Å². The highest BCUT2D eigenvalue weighted by Crippen LogP contribution is 2.28. The van der Waals surface area contributed by atoms with Crippen LogP contribution in [0.5, 0.6) is 0 Å². The topological polar surface area (TPSA) is 90.5 Å². The minimum Gasteiger partial charge on any atom is -0.329 e. The van der Waals surface area contributed by atoms with Gasteiger partial charge in [-0.3, -0.25) is 14.5 Å². The molecule has 1 aliphatic rings. The summed E-state index contributed by atoms with van der Waals surface area (Å²) in [5.74, 6) is -0.717. The van der Waals surface area contributed by atoms with Gasteiger partial charge in [0.05, 0.1) is 28.6 Å². The number of benzene rings is 2. The van der Waals surface area contributed by atoms with Gasteiger partial charge < -0.3 is 16.0 Å². The second kappa shape index (κ2) is 7.23. The largest absolute Gasteiger partial charge is 0.329 e. The Hall–Kier alpha value is -3.06. The third-order valence-corrected chi connectivity index (χ3v) is 3.89. The molecular formula is C17H15ClN4O3. The molecule has 0 fully saturated rings. The Kier molecular flexibility index (Phi) is 4.85.